The summed E-state index contributed by atoms with van der Waals surface area (Å²) in [6.07, 6.45) is -11.0. The van der Waals surface area contributed by atoms with E-state index in [1.807, 2.05) is 0 Å². The molecule has 30 heavy (non-hydrogen) atoms. The molecule has 2 fully saturated rings. The van der Waals surface area contributed by atoms with Gasteiger partial charge in [-0.3, -0.25) is 0 Å². The fraction of sp³-hybridized carbons (Fsp3) is 1.00. The Balaban J connectivity index is 1.94. The summed E-state index contributed by atoms with van der Waals surface area (Å²) in [4.78, 5) is 0. The van der Waals surface area contributed by atoms with Crippen molar-refractivity contribution in [2.24, 2.45) is 5.73 Å². The van der Waals surface area contributed by atoms with Gasteiger partial charge in [-0.15, -0.1) is 0 Å². The molecule has 2 aliphatic rings. The Bertz CT molecular complexity index is 483. The van der Waals surface area contributed by atoms with Crippen LogP contribution in [0.5, 0.6) is 0 Å². The van der Waals surface area contributed by atoms with Gasteiger partial charge >= 0.3 is 0 Å². The number of unbranched alkanes of at least 4 members (excludes halogenated alkanes) is 3. The zero-order valence-electron chi connectivity index (χ0n) is 16.8. The number of aliphatic hydroxyl groups is 7. The fourth-order valence-corrected chi connectivity index (χ4v) is 3.49. The molecule has 0 aromatic carbocycles. The molecule has 12 heteroatoms. The van der Waals surface area contributed by atoms with Crippen molar-refractivity contribution in [3.05, 3.63) is 0 Å². The third-order valence-corrected chi connectivity index (χ3v) is 5.34. The highest BCUT2D eigenvalue weighted by Crippen LogP contribution is 2.29. The molecule has 1 unspecified atom stereocenters. The van der Waals surface area contributed by atoms with Gasteiger partial charge in [-0.25, -0.2) is 0 Å². The molecule has 0 amide bonds. The minimum Gasteiger partial charge on any atom is -0.394 e. The first-order valence-electron chi connectivity index (χ1n) is 10.3. The molecule has 0 aromatic heterocycles. The zero-order chi connectivity index (χ0) is 22.3. The first-order chi connectivity index (χ1) is 14.3. The minimum atomic E-state index is -1.70. The molecule has 10 atom stereocenters. The number of ether oxygens (including phenoxy) is 4. The normalized spacial score (nSPS) is 42.4. The van der Waals surface area contributed by atoms with Gasteiger partial charge in [0.2, 0.25) is 0 Å². The van der Waals surface area contributed by atoms with Crippen LogP contribution in [0.15, 0.2) is 0 Å². The highest BCUT2D eigenvalue weighted by molar-refractivity contribution is 4.94. The fourth-order valence-electron chi connectivity index (χ4n) is 3.49. The van der Waals surface area contributed by atoms with Crippen LogP contribution < -0.4 is 5.73 Å². The summed E-state index contributed by atoms with van der Waals surface area (Å²) in [7, 11) is 0. The first-order valence-corrected chi connectivity index (χ1v) is 10.3. The molecule has 0 radical (unpaired) electrons. The lowest BCUT2D eigenvalue weighted by atomic mass is 9.97. The molecule has 9 N–H and O–H groups in total. The van der Waals surface area contributed by atoms with Crippen LogP contribution in [0.4, 0.5) is 0 Å². The molecule has 0 aromatic rings. The smallest absolute Gasteiger partial charge is 0.187 e. The monoisotopic (exact) mass is 441 g/mol. The van der Waals surface area contributed by atoms with E-state index in [-0.39, 0.29) is 6.61 Å². The Morgan fingerprint density at radius 1 is 0.667 bits per heavy atom. The van der Waals surface area contributed by atoms with Crippen molar-refractivity contribution in [2.45, 2.75) is 87.1 Å². The Morgan fingerprint density at radius 3 is 1.90 bits per heavy atom. The highest BCUT2D eigenvalue weighted by atomic mass is 16.7. The molecule has 0 bridgehead atoms. The van der Waals surface area contributed by atoms with Crippen LogP contribution in [0.25, 0.3) is 0 Å². The van der Waals surface area contributed by atoms with Gasteiger partial charge in [0.1, 0.15) is 48.8 Å². The van der Waals surface area contributed by atoms with Gasteiger partial charge in [0.15, 0.2) is 12.6 Å². The van der Waals surface area contributed by atoms with E-state index in [2.05, 4.69) is 0 Å². The second kappa shape index (κ2) is 12.5. The van der Waals surface area contributed by atoms with Crippen molar-refractivity contribution in [2.75, 3.05) is 26.4 Å². The topological polar surface area (TPSA) is 205 Å². The molecule has 2 rings (SSSR count). The largest absolute Gasteiger partial charge is 0.394 e. The molecule has 2 aliphatic heterocycles. The molecule has 178 valence electrons. The maximum Gasteiger partial charge on any atom is 0.187 e. The molecule has 0 spiro atoms. The van der Waals surface area contributed by atoms with E-state index in [0.29, 0.717) is 13.0 Å². The maximum atomic E-state index is 10.5. The van der Waals surface area contributed by atoms with E-state index in [4.69, 9.17) is 24.7 Å². The Kier molecular flexibility index (Phi) is 10.8. The number of rotatable bonds is 11. The summed E-state index contributed by atoms with van der Waals surface area (Å²) in [6, 6.07) is 0. The Labute approximate surface area is 174 Å². The van der Waals surface area contributed by atoms with Gasteiger partial charge < -0.3 is 60.4 Å². The van der Waals surface area contributed by atoms with Crippen molar-refractivity contribution in [3.63, 3.8) is 0 Å². The van der Waals surface area contributed by atoms with E-state index >= 15 is 0 Å². The van der Waals surface area contributed by atoms with E-state index in [1.54, 1.807) is 0 Å². The maximum absolute atomic E-state index is 10.5. The quantitative estimate of drug-likeness (QED) is 0.145. The zero-order valence-corrected chi connectivity index (χ0v) is 16.8. The van der Waals surface area contributed by atoms with Gasteiger partial charge in [0.05, 0.1) is 13.2 Å². The molecular weight excluding hydrogens is 406 g/mol. The third-order valence-electron chi connectivity index (χ3n) is 5.34. The molecule has 0 aliphatic carbocycles. The van der Waals surface area contributed by atoms with Crippen LogP contribution in [0.3, 0.4) is 0 Å². The second-order valence-corrected chi connectivity index (χ2v) is 7.58. The van der Waals surface area contributed by atoms with Gasteiger partial charge in [0, 0.05) is 6.61 Å². The predicted molar refractivity (Wildman–Crippen MR) is 99.9 cm³/mol. The average molecular weight is 441 g/mol. The van der Waals surface area contributed by atoms with Gasteiger partial charge in [-0.05, 0) is 19.4 Å². The van der Waals surface area contributed by atoms with E-state index in [9.17, 15) is 35.7 Å². The second-order valence-electron chi connectivity index (χ2n) is 7.58. The number of nitrogens with two attached hydrogens (primary N) is 1. The van der Waals surface area contributed by atoms with Crippen molar-refractivity contribution < 1.29 is 54.7 Å². The van der Waals surface area contributed by atoms with Crippen molar-refractivity contribution in [1.82, 2.24) is 0 Å². The van der Waals surface area contributed by atoms with Crippen LogP contribution in [-0.2, 0) is 18.9 Å². The number of hydrogen-bond donors (Lipinski definition) is 8. The summed E-state index contributed by atoms with van der Waals surface area (Å²) in [5.74, 6) is 0. The summed E-state index contributed by atoms with van der Waals surface area (Å²) in [5.41, 5.74) is 5.43. The number of hydrogen-bond acceptors (Lipinski definition) is 12. The minimum absolute atomic E-state index is 0.273. The predicted octanol–water partition coefficient (Wildman–Crippen LogP) is -3.85. The van der Waals surface area contributed by atoms with Gasteiger partial charge in [-0.2, -0.15) is 0 Å². The van der Waals surface area contributed by atoms with E-state index < -0.39 is 74.6 Å². The van der Waals surface area contributed by atoms with Crippen molar-refractivity contribution in [1.29, 1.82) is 0 Å². The van der Waals surface area contributed by atoms with Crippen LogP contribution >= 0.6 is 0 Å². The van der Waals surface area contributed by atoms with Crippen molar-refractivity contribution >= 4 is 0 Å². The molecule has 2 heterocycles. The third kappa shape index (κ3) is 6.28. The summed E-state index contributed by atoms with van der Waals surface area (Å²) < 4.78 is 21.7. The molecule has 12 nitrogen and oxygen atoms in total. The van der Waals surface area contributed by atoms with E-state index in [1.165, 1.54) is 0 Å². The molecule has 2 saturated heterocycles. The van der Waals surface area contributed by atoms with Crippen molar-refractivity contribution in [3.8, 4) is 0 Å². The van der Waals surface area contributed by atoms with Crippen LogP contribution in [0.2, 0.25) is 0 Å². The van der Waals surface area contributed by atoms with Crippen LogP contribution in [0.1, 0.15) is 25.7 Å². The van der Waals surface area contributed by atoms with Gasteiger partial charge in [-0.1, -0.05) is 12.8 Å². The Hall–Kier alpha value is -0.480. The molecular formula is C18H35NO11. The standard InChI is InChI=1S/C18H35NO11/c19-5-3-1-2-4-6-27-17-15(26)13(24)16(10(8-21)29-17)30-18-14(25)12(23)11(22)9(7-20)28-18/h9-18,20-26H,1-8,19H2/t9-,10-,11+,12+,13-,14-,15-,16-,17?,18+/m1/s1. The Morgan fingerprint density at radius 2 is 1.27 bits per heavy atom. The average Bonchev–Trinajstić information content (AvgIpc) is 2.75. The highest BCUT2D eigenvalue weighted by Gasteiger charge is 2.50. The van der Waals surface area contributed by atoms with Crippen LogP contribution in [-0.4, -0.2) is 124 Å². The lowest BCUT2D eigenvalue weighted by Crippen LogP contribution is -2.64. The summed E-state index contributed by atoms with van der Waals surface area (Å²) in [6.45, 7) is -0.356. The lowest BCUT2D eigenvalue weighted by Gasteiger charge is -2.45. The summed E-state index contributed by atoms with van der Waals surface area (Å²) >= 11 is 0. The number of aliphatic hydroxyl groups excluding tert-OH is 7. The lowest BCUT2D eigenvalue weighted by molar-refractivity contribution is -0.359. The van der Waals surface area contributed by atoms with E-state index in [0.717, 1.165) is 19.3 Å². The summed E-state index contributed by atoms with van der Waals surface area (Å²) in [5, 5.41) is 69.5. The first kappa shape index (κ1) is 25.8. The van der Waals surface area contributed by atoms with Gasteiger partial charge in [0.25, 0.3) is 0 Å². The van der Waals surface area contributed by atoms with Crippen LogP contribution in [0, 0.1) is 0 Å². The SMILES string of the molecule is NCCCCCCOC1O[C@H](CO)[C@@H](O[C@@H]2O[C@H](CO)[C@H](O)[C@H](O)[C@H]2O)[C@H](O)[C@H]1O. The molecule has 0 saturated carbocycles.